The van der Waals surface area contributed by atoms with Gasteiger partial charge >= 0.3 is 177 Å². The molecule has 0 unspecified atom stereocenters. The zero-order valence-corrected chi connectivity index (χ0v) is 22.0. The topological polar surface area (TPSA) is 27.1 Å². The number of fused-ring (bicyclic) bond motifs is 1. The van der Waals surface area contributed by atoms with Gasteiger partial charge in [-0.3, -0.25) is 0 Å². The second-order valence-electron chi connectivity index (χ2n) is 9.84. The summed E-state index contributed by atoms with van der Waals surface area (Å²) in [6.07, 6.45) is 0. The fourth-order valence-corrected chi connectivity index (χ4v) is 8.10. The Hall–Kier alpha value is -1.25. The Labute approximate surface area is 177 Å². The average Bonchev–Trinajstić information content (AvgIpc) is 2.95. The number of hydrogen-bond acceptors (Lipinski definition) is 2. The zero-order chi connectivity index (χ0) is 21.4. The van der Waals surface area contributed by atoms with Crippen LogP contribution in [0.2, 0.25) is 40.5 Å². The molecule has 0 bridgehead atoms. The molecule has 7 heteroatoms. The molecule has 0 aliphatic heterocycles. The van der Waals surface area contributed by atoms with E-state index in [2.05, 4.69) is 34.5 Å². The molecular weight excluding hydrogens is 493 g/mol. The fourth-order valence-electron chi connectivity index (χ4n) is 3.26. The summed E-state index contributed by atoms with van der Waals surface area (Å²) in [5, 5.41) is 5.99. The molecule has 0 saturated carbocycles. The van der Waals surface area contributed by atoms with Crippen molar-refractivity contribution in [2.24, 2.45) is 0 Å². The molecule has 0 aliphatic rings. The molecule has 0 fully saturated rings. The van der Waals surface area contributed by atoms with Gasteiger partial charge in [-0.25, -0.2) is 0 Å². The molecule has 1 heterocycles. The normalized spacial score (nSPS) is 12.7. The van der Waals surface area contributed by atoms with E-state index in [0.29, 0.717) is 12.3 Å². The van der Waals surface area contributed by atoms with E-state index in [1.165, 1.54) is 12.1 Å². The van der Waals surface area contributed by atoms with Crippen molar-refractivity contribution in [3.63, 3.8) is 0 Å². The van der Waals surface area contributed by atoms with Gasteiger partial charge in [0.1, 0.15) is 0 Å². The predicted molar refractivity (Wildman–Crippen MR) is 122 cm³/mol. The second-order valence-corrected chi connectivity index (χ2v) is 29.7. The van der Waals surface area contributed by atoms with Gasteiger partial charge in [0.15, 0.2) is 0 Å². The van der Waals surface area contributed by atoms with Crippen molar-refractivity contribution < 1.29 is 13.5 Å². The SMILES string of the molecule is C[Si](C)(C)CCOCn1n[c]([Sn]([CH3])([CH3])[CH3])c2cc(-c3cc(F)cc(F)c3)ccc21. The maximum atomic E-state index is 13.7. The monoisotopic (exact) mass is 524 g/mol. The Morgan fingerprint density at radius 3 is 2.21 bits per heavy atom. The van der Waals surface area contributed by atoms with Crippen molar-refractivity contribution >= 4 is 41.1 Å². The molecule has 0 amide bonds. The summed E-state index contributed by atoms with van der Waals surface area (Å²) >= 11 is -2.53. The van der Waals surface area contributed by atoms with E-state index < -0.39 is 38.1 Å². The summed E-state index contributed by atoms with van der Waals surface area (Å²) in [5.74, 6) is -1.14. The van der Waals surface area contributed by atoms with Gasteiger partial charge in [0, 0.05) is 0 Å². The van der Waals surface area contributed by atoms with Crippen LogP contribution < -0.4 is 3.71 Å². The molecule has 3 rings (SSSR count). The standard InChI is InChI=1S/C19H21F2N2OSi.3CH3.Sn/c1-25(2,3)7-6-24-13-23-19-5-4-14(8-16(19)12-22-23)15-9-17(20)11-18(21)10-15;;;;/h4-5,8-11H,6-7,13H2,1-3H3;3*1H3;. The molecule has 1 aromatic heterocycles. The van der Waals surface area contributed by atoms with Crippen molar-refractivity contribution in [1.29, 1.82) is 0 Å². The molecule has 0 aliphatic carbocycles. The van der Waals surface area contributed by atoms with E-state index >= 15 is 0 Å². The molecule has 0 spiro atoms. The van der Waals surface area contributed by atoms with Gasteiger partial charge in [0.05, 0.1) is 0 Å². The van der Waals surface area contributed by atoms with Gasteiger partial charge in [-0.05, 0) is 0 Å². The Morgan fingerprint density at radius 1 is 0.966 bits per heavy atom. The third-order valence-corrected chi connectivity index (χ3v) is 11.7. The van der Waals surface area contributed by atoms with Crippen molar-refractivity contribution in [1.82, 2.24) is 9.78 Å². The molecule has 3 aromatic rings. The number of aromatic nitrogens is 2. The summed E-state index contributed by atoms with van der Waals surface area (Å²) in [7, 11) is -1.13. The van der Waals surface area contributed by atoms with E-state index in [9.17, 15) is 8.78 Å². The summed E-state index contributed by atoms with van der Waals surface area (Å²) in [4.78, 5) is 6.96. The third-order valence-electron chi connectivity index (χ3n) is 4.87. The Balaban J connectivity index is 1.98. The van der Waals surface area contributed by atoms with Gasteiger partial charge in [-0.2, -0.15) is 0 Å². The molecule has 29 heavy (non-hydrogen) atoms. The fraction of sp³-hybridized carbons (Fsp3) is 0.409. The second kappa shape index (κ2) is 8.47. The number of benzene rings is 2. The van der Waals surface area contributed by atoms with Gasteiger partial charge < -0.3 is 0 Å². The molecule has 2 aromatic carbocycles. The molecule has 0 atom stereocenters. The van der Waals surface area contributed by atoms with Crippen LogP contribution in [0.25, 0.3) is 22.0 Å². The van der Waals surface area contributed by atoms with E-state index in [0.717, 1.165) is 38.9 Å². The van der Waals surface area contributed by atoms with Crippen LogP contribution in [0.1, 0.15) is 0 Å². The zero-order valence-electron chi connectivity index (χ0n) is 18.1. The number of hydrogen-bond donors (Lipinski definition) is 0. The minimum atomic E-state index is -2.53. The third kappa shape index (κ3) is 5.67. The van der Waals surface area contributed by atoms with Crippen LogP contribution in [-0.4, -0.2) is 42.8 Å². The van der Waals surface area contributed by atoms with E-state index in [1.54, 1.807) is 0 Å². The first-order chi connectivity index (χ1) is 13.4. The molecule has 0 radical (unpaired) electrons. The van der Waals surface area contributed by atoms with Crippen LogP contribution in [0.5, 0.6) is 0 Å². The van der Waals surface area contributed by atoms with Crippen molar-refractivity contribution in [2.75, 3.05) is 6.61 Å². The first kappa shape index (κ1) is 22.4. The van der Waals surface area contributed by atoms with Crippen LogP contribution in [0.4, 0.5) is 8.78 Å². The van der Waals surface area contributed by atoms with Gasteiger partial charge in [-0.1, -0.05) is 0 Å². The van der Waals surface area contributed by atoms with E-state index in [4.69, 9.17) is 9.84 Å². The van der Waals surface area contributed by atoms with E-state index in [1.807, 2.05) is 22.9 Å². The van der Waals surface area contributed by atoms with E-state index in [-0.39, 0.29) is 0 Å². The van der Waals surface area contributed by atoms with Crippen molar-refractivity contribution in [2.45, 2.75) is 47.2 Å². The summed E-state index contributed by atoms with van der Waals surface area (Å²) in [5.41, 5.74) is 2.35. The molecule has 0 saturated heterocycles. The summed E-state index contributed by atoms with van der Waals surface area (Å²) in [6.45, 7) is 8.18. The first-order valence-corrected chi connectivity index (χ1v) is 23.7. The van der Waals surface area contributed by atoms with Crippen LogP contribution in [0.3, 0.4) is 0 Å². The molecular formula is C22H30F2N2OSiSn. The number of halogens is 2. The van der Waals surface area contributed by atoms with Gasteiger partial charge in [0.25, 0.3) is 0 Å². The minimum absolute atomic E-state index is 0.427. The average molecular weight is 523 g/mol. The van der Waals surface area contributed by atoms with Gasteiger partial charge in [-0.15, -0.1) is 0 Å². The van der Waals surface area contributed by atoms with Crippen LogP contribution in [0, 0.1) is 11.6 Å². The van der Waals surface area contributed by atoms with Crippen LogP contribution in [0.15, 0.2) is 36.4 Å². The Kier molecular flexibility index (Phi) is 6.55. The van der Waals surface area contributed by atoms with Gasteiger partial charge in [0.2, 0.25) is 0 Å². The predicted octanol–water partition coefficient (Wildman–Crippen LogP) is 5.84. The Bertz CT molecular complexity index is 1000. The maximum absolute atomic E-state index is 13.7. The van der Waals surface area contributed by atoms with Crippen molar-refractivity contribution in [3.05, 3.63) is 48.0 Å². The first-order valence-electron chi connectivity index (χ1n) is 9.99. The molecule has 0 N–H and O–H groups in total. The molecule has 3 nitrogen and oxygen atoms in total. The number of ether oxygens (including phenoxy) is 1. The number of nitrogens with zero attached hydrogens (tertiary/aromatic N) is 2. The van der Waals surface area contributed by atoms with Crippen LogP contribution >= 0.6 is 0 Å². The quantitative estimate of drug-likeness (QED) is 0.288. The van der Waals surface area contributed by atoms with Crippen LogP contribution in [-0.2, 0) is 11.5 Å². The number of rotatable bonds is 7. The van der Waals surface area contributed by atoms with Crippen molar-refractivity contribution in [3.8, 4) is 11.1 Å². The summed E-state index contributed by atoms with van der Waals surface area (Å²) in [6, 6.07) is 10.7. The molecule has 156 valence electrons. The summed E-state index contributed by atoms with van der Waals surface area (Å²) < 4.78 is 36.4. The Morgan fingerprint density at radius 2 is 1.62 bits per heavy atom.